The molecular weight excluding hydrogens is 280 g/mol. The van der Waals surface area contributed by atoms with Crippen LogP contribution in [0.5, 0.6) is 0 Å². The Kier molecular flexibility index (Phi) is 3.82. The number of fused-ring (bicyclic) bond motifs is 1. The van der Waals surface area contributed by atoms with Crippen molar-refractivity contribution < 1.29 is 0 Å². The van der Waals surface area contributed by atoms with Crippen molar-refractivity contribution >= 4 is 22.6 Å². The zero-order valence-electron chi connectivity index (χ0n) is 14.1. The van der Waals surface area contributed by atoms with E-state index in [1.165, 1.54) is 0 Å². The van der Waals surface area contributed by atoms with Gasteiger partial charge in [0.25, 0.3) is 0 Å². The Morgan fingerprint density at radius 3 is 1.95 bits per heavy atom. The highest BCUT2D eigenvalue weighted by Crippen LogP contribution is 2.52. The van der Waals surface area contributed by atoms with E-state index in [1.807, 2.05) is 24.4 Å². The van der Waals surface area contributed by atoms with Crippen LogP contribution in [0.1, 0.15) is 54.2 Å². The number of aromatic nitrogens is 2. The second kappa shape index (κ2) is 4.95. The van der Waals surface area contributed by atoms with E-state index < -0.39 is 0 Å². The van der Waals surface area contributed by atoms with Crippen molar-refractivity contribution in [2.45, 2.75) is 53.9 Å². The van der Waals surface area contributed by atoms with Gasteiger partial charge < -0.3 is 0 Å². The summed E-state index contributed by atoms with van der Waals surface area (Å²) in [5, 5.41) is 0.696. The van der Waals surface area contributed by atoms with E-state index in [4.69, 9.17) is 16.6 Å². The molecule has 0 amide bonds. The van der Waals surface area contributed by atoms with Crippen molar-refractivity contribution in [2.24, 2.45) is 10.8 Å². The molecule has 1 heterocycles. The molecule has 0 aliphatic carbocycles. The van der Waals surface area contributed by atoms with Crippen molar-refractivity contribution in [3.05, 3.63) is 35.1 Å². The SMILES string of the molecule is CC(C)(C)C(C)(c1cnc2ccc(Cl)cc2n1)C(C)(C)C. The molecule has 0 radical (unpaired) electrons. The van der Waals surface area contributed by atoms with Gasteiger partial charge in [0.1, 0.15) is 0 Å². The number of hydrogen-bond acceptors (Lipinski definition) is 2. The van der Waals surface area contributed by atoms with Gasteiger partial charge >= 0.3 is 0 Å². The first-order valence-electron chi connectivity index (χ1n) is 7.39. The Bertz CT molecular complexity index is 649. The molecule has 2 rings (SSSR count). The van der Waals surface area contributed by atoms with E-state index in [9.17, 15) is 0 Å². The maximum absolute atomic E-state index is 6.10. The van der Waals surface area contributed by atoms with E-state index in [2.05, 4.69) is 53.5 Å². The average molecular weight is 305 g/mol. The molecule has 0 atom stereocenters. The van der Waals surface area contributed by atoms with E-state index in [0.29, 0.717) is 5.02 Å². The number of halogens is 1. The molecule has 21 heavy (non-hydrogen) atoms. The predicted molar refractivity (Wildman–Crippen MR) is 90.8 cm³/mol. The van der Waals surface area contributed by atoms with E-state index in [1.54, 1.807) is 0 Å². The van der Waals surface area contributed by atoms with Gasteiger partial charge in [0.05, 0.1) is 16.7 Å². The van der Waals surface area contributed by atoms with Crippen LogP contribution >= 0.6 is 11.6 Å². The molecular formula is C18H25ClN2. The van der Waals surface area contributed by atoms with Gasteiger partial charge in [-0.1, -0.05) is 60.1 Å². The summed E-state index contributed by atoms with van der Waals surface area (Å²) in [7, 11) is 0. The van der Waals surface area contributed by atoms with Gasteiger partial charge in [0.15, 0.2) is 0 Å². The van der Waals surface area contributed by atoms with Crippen molar-refractivity contribution in [1.82, 2.24) is 9.97 Å². The zero-order chi connectivity index (χ0) is 16.1. The third kappa shape index (κ3) is 2.66. The van der Waals surface area contributed by atoms with Crippen LogP contribution in [0, 0.1) is 10.8 Å². The minimum Gasteiger partial charge on any atom is -0.253 e. The first kappa shape index (κ1) is 16.2. The molecule has 0 aliphatic rings. The molecule has 0 fully saturated rings. The van der Waals surface area contributed by atoms with E-state index >= 15 is 0 Å². The number of benzene rings is 1. The molecule has 3 heteroatoms. The van der Waals surface area contributed by atoms with Crippen LogP contribution < -0.4 is 0 Å². The highest BCUT2D eigenvalue weighted by Gasteiger charge is 2.49. The Hall–Kier alpha value is -1.15. The minimum atomic E-state index is -0.108. The van der Waals surface area contributed by atoms with Crippen LogP contribution in [0.4, 0.5) is 0 Å². The van der Waals surface area contributed by atoms with Gasteiger partial charge in [0.2, 0.25) is 0 Å². The highest BCUT2D eigenvalue weighted by atomic mass is 35.5. The lowest BCUT2D eigenvalue weighted by Gasteiger charge is -2.50. The normalized spacial score (nSPS) is 13.7. The molecule has 1 aromatic carbocycles. The smallest absolute Gasteiger partial charge is 0.0905 e. The van der Waals surface area contributed by atoms with Gasteiger partial charge in [-0.05, 0) is 29.0 Å². The molecule has 2 nitrogen and oxygen atoms in total. The summed E-state index contributed by atoms with van der Waals surface area (Å²) in [6, 6.07) is 5.66. The fourth-order valence-corrected chi connectivity index (χ4v) is 3.29. The van der Waals surface area contributed by atoms with Crippen molar-refractivity contribution in [3.63, 3.8) is 0 Å². The first-order valence-corrected chi connectivity index (χ1v) is 7.77. The lowest BCUT2D eigenvalue weighted by Crippen LogP contribution is -2.48. The van der Waals surface area contributed by atoms with Crippen LogP contribution in [-0.4, -0.2) is 9.97 Å². The average Bonchev–Trinajstić information content (AvgIpc) is 2.34. The summed E-state index contributed by atoms with van der Waals surface area (Å²) >= 11 is 6.10. The van der Waals surface area contributed by atoms with Crippen molar-refractivity contribution in [2.75, 3.05) is 0 Å². The monoisotopic (exact) mass is 304 g/mol. The molecule has 0 N–H and O–H groups in total. The van der Waals surface area contributed by atoms with Gasteiger partial charge in [-0.2, -0.15) is 0 Å². The topological polar surface area (TPSA) is 25.8 Å². The largest absolute Gasteiger partial charge is 0.253 e. The van der Waals surface area contributed by atoms with Crippen LogP contribution in [0.3, 0.4) is 0 Å². The number of rotatable bonds is 1. The number of nitrogens with zero attached hydrogens (tertiary/aromatic N) is 2. The standard InChI is InChI=1S/C18H25ClN2/c1-16(2,3)18(7,17(4,5)6)15-11-20-13-9-8-12(19)10-14(13)21-15/h8-11H,1-7H3. The fourth-order valence-electron chi connectivity index (χ4n) is 3.12. The van der Waals surface area contributed by atoms with Gasteiger partial charge in [-0.25, -0.2) is 4.98 Å². The zero-order valence-corrected chi connectivity index (χ0v) is 14.8. The number of hydrogen-bond donors (Lipinski definition) is 0. The van der Waals surface area contributed by atoms with E-state index in [0.717, 1.165) is 16.7 Å². The van der Waals surface area contributed by atoms with Gasteiger partial charge in [0, 0.05) is 16.6 Å². The summed E-state index contributed by atoms with van der Waals surface area (Å²) in [6.45, 7) is 15.9. The molecule has 0 bridgehead atoms. The summed E-state index contributed by atoms with van der Waals surface area (Å²) in [4.78, 5) is 9.49. The second-order valence-corrected chi connectivity index (χ2v) is 8.45. The second-order valence-electron chi connectivity index (χ2n) is 8.01. The Morgan fingerprint density at radius 1 is 0.857 bits per heavy atom. The first-order chi connectivity index (χ1) is 9.47. The van der Waals surface area contributed by atoms with Crippen LogP contribution in [0.15, 0.2) is 24.4 Å². The summed E-state index contributed by atoms with van der Waals surface area (Å²) in [6.07, 6.45) is 1.92. The molecule has 2 aromatic rings. The molecule has 1 aromatic heterocycles. The lowest BCUT2D eigenvalue weighted by atomic mass is 9.54. The fraction of sp³-hybridized carbons (Fsp3) is 0.556. The van der Waals surface area contributed by atoms with Crippen LogP contribution in [-0.2, 0) is 5.41 Å². The third-order valence-electron chi connectivity index (χ3n) is 5.02. The van der Waals surface area contributed by atoms with E-state index in [-0.39, 0.29) is 16.2 Å². The molecule has 0 aliphatic heterocycles. The van der Waals surface area contributed by atoms with Gasteiger partial charge in [-0.3, -0.25) is 4.98 Å². The van der Waals surface area contributed by atoms with Crippen LogP contribution in [0.25, 0.3) is 11.0 Å². The quantitative estimate of drug-likeness (QED) is 0.682. The molecule has 114 valence electrons. The maximum atomic E-state index is 6.10. The molecule has 0 spiro atoms. The van der Waals surface area contributed by atoms with Crippen molar-refractivity contribution in [1.29, 1.82) is 0 Å². The Morgan fingerprint density at radius 2 is 1.43 bits per heavy atom. The summed E-state index contributed by atoms with van der Waals surface area (Å²) in [5.41, 5.74) is 2.78. The van der Waals surface area contributed by atoms with Gasteiger partial charge in [-0.15, -0.1) is 0 Å². The third-order valence-corrected chi connectivity index (χ3v) is 5.25. The lowest BCUT2D eigenvalue weighted by molar-refractivity contribution is 0.0652. The summed E-state index contributed by atoms with van der Waals surface area (Å²) < 4.78 is 0. The molecule has 0 saturated carbocycles. The maximum Gasteiger partial charge on any atom is 0.0905 e. The van der Waals surface area contributed by atoms with Crippen molar-refractivity contribution in [3.8, 4) is 0 Å². The molecule has 0 saturated heterocycles. The Balaban J connectivity index is 2.72. The molecule has 0 unspecified atom stereocenters. The Labute approximate surface area is 133 Å². The predicted octanol–water partition coefficient (Wildman–Crippen LogP) is 5.63. The van der Waals surface area contributed by atoms with Crippen LogP contribution in [0.2, 0.25) is 5.02 Å². The minimum absolute atomic E-state index is 0.0617. The highest BCUT2D eigenvalue weighted by molar-refractivity contribution is 6.31. The summed E-state index contributed by atoms with van der Waals surface area (Å²) in [5.74, 6) is 0.